The maximum Gasteiger partial charge on any atom is 0.0302 e. The largest absolute Gasteiger partial charge is 0.311 e. The normalized spacial score (nSPS) is 21.6. The summed E-state index contributed by atoms with van der Waals surface area (Å²) in [7, 11) is 0. The number of hydrogen-bond acceptors (Lipinski definition) is 3. The minimum absolute atomic E-state index is 0.871. The molecule has 0 amide bonds. The Kier molecular flexibility index (Phi) is 3.90. The standard InChI is InChI=1S/C11H17NS2/c1-9-4-6-14-11(9)8-12-7-10-3-2-5-13-10/h4,6,10,12H,2-3,5,7-8H2,1H3. The molecule has 1 nitrogen and oxygen atoms in total. The SMILES string of the molecule is Cc1ccsc1CNCC1CCCS1. The smallest absolute Gasteiger partial charge is 0.0302 e. The topological polar surface area (TPSA) is 12.0 Å². The third-order valence-corrected chi connectivity index (χ3v) is 5.07. The third kappa shape index (κ3) is 2.75. The van der Waals surface area contributed by atoms with Crippen molar-refractivity contribution >= 4 is 23.1 Å². The van der Waals surface area contributed by atoms with Crippen molar-refractivity contribution in [2.45, 2.75) is 31.6 Å². The van der Waals surface area contributed by atoms with Gasteiger partial charge < -0.3 is 5.32 Å². The predicted molar refractivity (Wildman–Crippen MR) is 66.2 cm³/mol. The lowest BCUT2D eigenvalue weighted by atomic mass is 10.2. The molecule has 1 aliphatic heterocycles. The fraction of sp³-hybridized carbons (Fsp3) is 0.636. The van der Waals surface area contributed by atoms with E-state index in [4.69, 9.17) is 0 Å². The quantitative estimate of drug-likeness (QED) is 0.848. The molecule has 1 aliphatic rings. The lowest BCUT2D eigenvalue weighted by Crippen LogP contribution is -2.22. The molecule has 14 heavy (non-hydrogen) atoms. The van der Waals surface area contributed by atoms with Gasteiger partial charge in [-0.3, -0.25) is 0 Å². The summed E-state index contributed by atoms with van der Waals surface area (Å²) in [6.45, 7) is 4.43. The Balaban J connectivity index is 1.70. The van der Waals surface area contributed by atoms with Crippen LogP contribution >= 0.6 is 23.1 Å². The minimum Gasteiger partial charge on any atom is -0.311 e. The molecule has 0 saturated carbocycles. The first-order valence-corrected chi connectivity index (χ1v) is 7.14. The van der Waals surface area contributed by atoms with Crippen molar-refractivity contribution in [2.75, 3.05) is 12.3 Å². The highest BCUT2D eigenvalue weighted by Crippen LogP contribution is 2.25. The zero-order valence-electron chi connectivity index (χ0n) is 8.58. The van der Waals surface area contributed by atoms with Crippen LogP contribution in [0.5, 0.6) is 0 Å². The van der Waals surface area contributed by atoms with E-state index in [9.17, 15) is 0 Å². The number of nitrogens with one attached hydrogen (secondary N) is 1. The van der Waals surface area contributed by atoms with Gasteiger partial charge in [0.15, 0.2) is 0 Å². The maximum absolute atomic E-state index is 3.56. The average Bonchev–Trinajstić information content (AvgIpc) is 2.78. The van der Waals surface area contributed by atoms with Gasteiger partial charge in [0.05, 0.1) is 0 Å². The van der Waals surface area contributed by atoms with Gasteiger partial charge in [-0.2, -0.15) is 11.8 Å². The zero-order chi connectivity index (χ0) is 9.80. The van der Waals surface area contributed by atoms with E-state index in [1.807, 2.05) is 11.3 Å². The van der Waals surface area contributed by atoms with Gasteiger partial charge in [-0.15, -0.1) is 11.3 Å². The van der Waals surface area contributed by atoms with Gasteiger partial charge in [0.2, 0.25) is 0 Å². The van der Waals surface area contributed by atoms with E-state index >= 15 is 0 Å². The minimum atomic E-state index is 0.871. The van der Waals surface area contributed by atoms with Gasteiger partial charge in [0.25, 0.3) is 0 Å². The molecule has 1 saturated heterocycles. The lowest BCUT2D eigenvalue weighted by Gasteiger charge is -2.09. The molecular weight excluding hydrogens is 210 g/mol. The Morgan fingerprint density at radius 1 is 1.57 bits per heavy atom. The summed E-state index contributed by atoms with van der Waals surface area (Å²) in [5.74, 6) is 1.37. The van der Waals surface area contributed by atoms with Gasteiger partial charge in [0.1, 0.15) is 0 Å². The molecule has 1 fully saturated rings. The summed E-state index contributed by atoms with van der Waals surface area (Å²) in [6.07, 6.45) is 2.82. The molecule has 2 rings (SSSR count). The van der Waals surface area contributed by atoms with Crippen molar-refractivity contribution in [2.24, 2.45) is 0 Å². The van der Waals surface area contributed by atoms with Crippen LogP contribution in [-0.4, -0.2) is 17.5 Å². The molecule has 2 heterocycles. The summed E-state index contributed by atoms with van der Waals surface area (Å²) in [4.78, 5) is 1.49. The summed E-state index contributed by atoms with van der Waals surface area (Å²) < 4.78 is 0. The van der Waals surface area contributed by atoms with Crippen LogP contribution in [0, 0.1) is 6.92 Å². The van der Waals surface area contributed by atoms with Crippen molar-refractivity contribution in [1.82, 2.24) is 5.32 Å². The molecule has 1 aromatic heterocycles. The molecule has 1 unspecified atom stereocenters. The average molecular weight is 227 g/mol. The van der Waals surface area contributed by atoms with E-state index in [-0.39, 0.29) is 0 Å². The van der Waals surface area contributed by atoms with Crippen LogP contribution in [0.25, 0.3) is 0 Å². The maximum atomic E-state index is 3.56. The van der Waals surface area contributed by atoms with Gasteiger partial charge in [-0.25, -0.2) is 0 Å². The Hall–Kier alpha value is 0.01000. The summed E-state index contributed by atoms with van der Waals surface area (Å²) in [5, 5.41) is 6.61. The van der Waals surface area contributed by atoms with Crippen LogP contribution in [0.4, 0.5) is 0 Å². The molecule has 1 N–H and O–H groups in total. The second kappa shape index (κ2) is 5.19. The fourth-order valence-electron chi connectivity index (χ4n) is 1.74. The molecule has 1 atom stereocenters. The van der Waals surface area contributed by atoms with Crippen molar-refractivity contribution in [3.63, 3.8) is 0 Å². The van der Waals surface area contributed by atoms with Crippen molar-refractivity contribution in [3.8, 4) is 0 Å². The van der Waals surface area contributed by atoms with Crippen molar-refractivity contribution in [1.29, 1.82) is 0 Å². The molecule has 78 valence electrons. The van der Waals surface area contributed by atoms with Gasteiger partial charge in [-0.1, -0.05) is 0 Å². The Morgan fingerprint density at radius 2 is 2.50 bits per heavy atom. The fourth-order valence-corrected chi connectivity index (χ4v) is 3.85. The Morgan fingerprint density at radius 3 is 3.14 bits per heavy atom. The highest BCUT2D eigenvalue weighted by atomic mass is 32.2. The van der Waals surface area contributed by atoms with Crippen LogP contribution in [0.15, 0.2) is 11.4 Å². The van der Waals surface area contributed by atoms with E-state index in [0.29, 0.717) is 0 Å². The summed E-state index contributed by atoms with van der Waals surface area (Å²) in [5.41, 5.74) is 1.43. The van der Waals surface area contributed by atoms with E-state index in [2.05, 4.69) is 35.4 Å². The molecule has 0 radical (unpaired) electrons. The highest BCUT2D eigenvalue weighted by molar-refractivity contribution is 8.00. The number of rotatable bonds is 4. The number of hydrogen-bond donors (Lipinski definition) is 1. The van der Waals surface area contributed by atoms with Crippen LogP contribution < -0.4 is 5.32 Å². The van der Waals surface area contributed by atoms with Gasteiger partial charge >= 0.3 is 0 Å². The first kappa shape index (κ1) is 10.5. The molecule has 1 aromatic rings. The number of thioether (sulfide) groups is 1. The molecule has 3 heteroatoms. The summed E-state index contributed by atoms with van der Waals surface area (Å²) >= 11 is 3.99. The van der Waals surface area contributed by atoms with Gasteiger partial charge in [0, 0.05) is 23.2 Å². The number of aryl methyl sites for hydroxylation is 1. The predicted octanol–water partition coefficient (Wildman–Crippen LogP) is 3.04. The monoisotopic (exact) mass is 227 g/mol. The van der Waals surface area contributed by atoms with Crippen LogP contribution in [0.1, 0.15) is 23.3 Å². The van der Waals surface area contributed by atoms with Crippen LogP contribution in [-0.2, 0) is 6.54 Å². The van der Waals surface area contributed by atoms with Crippen LogP contribution in [0.2, 0.25) is 0 Å². The summed E-state index contributed by atoms with van der Waals surface area (Å²) in [6, 6.07) is 2.20. The zero-order valence-corrected chi connectivity index (χ0v) is 10.2. The molecule has 0 spiro atoms. The van der Waals surface area contributed by atoms with Gasteiger partial charge in [-0.05, 0) is 42.5 Å². The van der Waals surface area contributed by atoms with E-state index in [1.165, 1.54) is 35.6 Å². The highest BCUT2D eigenvalue weighted by Gasteiger charge is 2.14. The van der Waals surface area contributed by atoms with E-state index in [0.717, 1.165) is 11.8 Å². The van der Waals surface area contributed by atoms with E-state index < -0.39 is 0 Å². The molecule has 0 aliphatic carbocycles. The van der Waals surface area contributed by atoms with Crippen molar-refractivity contribution < 1.29 is 0 Å². The second-order valence-electron chi connectivity index (χ2n) is 3.79. The third-order valence-electron chi connectivity index (χ3n) is 2.65. The molecular formula is C11H17NS2. The Bertz CT molecular complexity index is 277. The molecule has 0 aromatic carbocycles. The second-order valence-corrected chi connectivity index (χ2v) is 6.20. The molecule has 0 bridgehead atoms. The van der Waals surface area contributed by atoms with Crippen LogP contribution in [0.3, 0.4) is 0 Å². The van der Waals surface area contributed by atoms with E-state index in [1.54, 1.807) is 0 Å². The lowest BCUT2D eigenvalue weighted by molar-refractivity contribution is 0.649. The Labute approximate surface area is 94.3 Å². The van der Waals surface area contributed by atoms with Crippen molar-refractivity contribution in [3.05, 3.63) is 21.9 Å². The first-order chi connectivity index (χ1) is 6.86. The first-order valence-electron chi connectivity index (χ1n) is 5.21. The number of thiophene rings is 1.